The lowest BCUT2D eigenvalue weighted by Crippen LogP contribution is -3.13. The topological polar surface area (TPSA) is 51.4 Å². The molecule has 1 saturated heterocycles. The van der Waals surface area contributed by atoms with Crippen LogP contribution >= 0.6 is 0 Å². The molecule has 0 spiro atoms. The SMILES string of the molecule is CCC[NH+]1CCC(NC(=O)c2cn(-c3ccccc3)nc2-c2ccc(F)cc2)CC1. The molecule has 2 N–H and O–H groups in total. The summed E-state index contributed by atoms with van der Waals surface area (Å²) in [5.74, 6) is -0.436. The van der Waals surface area contributed by atoms with E-state index in [0.717, 1.165) is 37.2 Å². The molecule has 6 heteroatoms. The molecule has 0 radical (unpaired) electrons. The van der Waals surface area contributed by atoms with Gasteiger partial charge in [-0.25, -0.2) is 9.07 Å². The van der Waals surface area contributed by atoms with Gasteiger partial charge in [-0.15, -0.1) is 0 Å². The van der Waals surface area contributed by atoms with Crippen LogP contribution < -0.4 is 10.2 Å². The van der Waals surface area contributed by atoms with Crippen molar-refractivity contribution in [2.24, 2.45) is 0 Å². The van der Waals surface area contributed by atoms with Gasteiger partial charge in [0.2, 0.25) is 0 Å². The van der Waals surface area contributed by atoms with Crippen molar-refractivity contribution in [3.8, 4) is 16.9 Å². The fraction of sp³-hybridized carbons (Fsp3) is 0.333. The second-order valence-electron chi connectivity index (χ2n) is 7.93. The summed E-state index contributed by atoms with van der Waals surface area (Å²) < 4.78 is 15.1. The molecule has 0 atom stereocenters. The molecule has 1 fully saturated rings. The number of aromatic nitrogens is 2. The maximum atomic E-state index is 13.4. The number of nitrogens with one attached hydrogen (secondary N) is 2. The van der Waals surface area contributed by atoms with Gasteiger partial charge in [0.1, 0.15) is 11.5 Å². The number of rotatable bonds is 6. The number of piperidine rings is 1. The van der Waals surface area contributed by atoms with Crippen LogP contribution in [0.4, 0.5) is 4.39 Å². The van der Waals surface area contributed by atoms with E-state index >= 15 is 0 Å². The number of carbonyl (C=O) groups is 1. The highest BCUT2D eigenvalue weighted by Crippen LogP contribution is 2.24. The highest BCUT2D eigenvalue weighted by atomic mass is 19.1. The van der Waals surface area contributed by atoms with Crippen LogP contribution in [0.5, 0.6) is 0 Å². The number of benzene rings is 2. The lowest BCUT2D eigenvalue weighted by atomic mass is 10.0. The van der Waals surface area contributed by atoms with Gasteiger partial charge in [0.25, 0.3) is 5.91 Å². The number of hydrogen-bond donors (Lipinski definition) is 2. The van der Waals surface area contributed by atoms with Crippen molar-refractivity contribution in [3.63, 3.8) is 0 Å². The molecule has 1 aliphatic heterocycles. The van der Waals surface area contributed by atoms with Gasteiger partial charge in [-0.05, 0) is 42.8 Å². The molecule has 2 aromatic carbocycles. The molecule has 4 rings (SSSR count). The summed E-state index contributed by atoms with van der Waals surface area (Å²) in [7, 11) is 0. The molecule has 2 heterocycles. The summed E-state index contributed by atoms with van der Waals surface area (Å²) in [5.41, 5.74) is 2.66. The Morgan fingerprint density at radius 1 is 1.13 bits per heavy atom. The number of carbonyl (C=O) groups excluding carboxylic acids is 1. The molecule has 1 aromatic heterocycles. The number of likely N-dealkylation sites (tertiary alicyclic amines) is 1. The summed E-state index contributed by atoms with van der Waals surface area (Å²) in [6.07, 6.45) is 4.92. The number of amides is 1. The smallest absolute Gasteiger partial charge is 0.255 e. The highest BCUT2D eigenvalue weighted by molar-refractivity contribution is 6.00. The van der Waals surface area contributed by atoms with E-state index < -0.39 is 0 Å². The lowest BCUT2D eigenvalue weighted by Gasteiger charge is -2.29. The summed E-state index contributed by atoms with van der Waals surface area (Å²) in [5, 5.41) is 7.86. The van der Waals surface area contributed by atoms with E-state index in [-0.39, 0.29) is 17.8 Å². The standard InChI is InChI=1S/C24H27FN4O/c1-2-14-28-15-12-20(13-16-28)26-24(30)22-17-29(21-6-4-3-5-7-21)27-23(22)18-8-10-19(25)11-9-18/h3-11,17,20H,2,12-16H2,1H3,(H,26,30)/p+1. The van der Waals surface area contributed by atoms with Gasteiger partial charge in [0.15, 0.2) is 0 Å². The molecule has 0 unspecified atom stereocenters. The van der Waals surface area contributed by atoms with Crippen molar-refractivity contribution in [1.29, 1.82) is 0 Å². The zero-order valence-corrected chi connectivity index (χ0v) is 17.3. The van der Waals surface area contributed by atoms with Crippen LogP contribution in [0.2, 0.25) is 0 Å². The summed E-state index contributed by atoms with van der Waals surface area (Å²) in [6, 6.07) is 16.0. The fourth-order valence-corrected chi connectivity index (χ4v) is 4.11. The Morgan fingerprint density at radius 3 is 2.50 bits per heavy atom. The van der Waals surface area contributed by atoms with Gasteiger partial charge in [0.05, 0.1) is 30.9 Å². The number of quaternary nitrogens is 1. The Morgan fingerprint density at radius 2 is 1.83 bits per heavy atom. The third-order valence-corrected chi connectivity index (χ3v) is 5.73. The first kappa shape index (κ1) is 20.3. The second-order valence-corrected chi connectivity index (χ2v) is 7.93. The number of halogens is 1. The molecule has 0 bridgehead atoms. The van der Waals surface area contributed by atoms with Gasteiger partial charge in [-0.2, -0.15) is 5.10 Å². The normalized spacial score (nSPS) is 18.9. The summed E-state index contributed by atoms with van der Waals surface area (Å²) in [6.45, 7) is 5.58. The second kappa shape index (κ2) is 9.22. The summed E-state index contributed by atoms with van der Waals surface area (Å²) >= 11 is 0. The molecule has 0 aliphatic carbocycles. The van der Waals surface area contributed by atoms with Crippen LogP contribution in [0.15, 0.2) is 60.8 Å². The van der Waals surface area contributed by atoms with Gasteiger partial charge in [-0.3, -0.25) is 4.79 Å². The Hall–Kier alpha value is -2.99. The maximum absolute atomic E-state index is 13.4. The number of hydrogen-bond acceptors (Lipinski definition) is 2. The summed E-state index contributed by atoms with van der Waals surface area (Å²) in [4.78, 5) is 14.8. The first-order valence-corrected chi connectivity index (χ1v) is 10.7. The Labute approximate surface area is 176 Å². The average Bonchev–Trinajstić information content (AvgIpc) is 3.22. The van der Waals surface area contributed by atoms with E-state index in [2.05, 4.69) is 17.3 Å². The predicted octanol–water partition coefficient (Wildman–Crippen LogP) is 2.87. The van der Waals surface area contributed by atoms with E-state index in [0.29, 0.717) is 11.3 Å². The van der Waals surface area contributed by atoms with Gasteiger partial charge >= 0.3 is 0 Å². The molecular weight excluding hydrogens is 379 g/mol. The van der Waals surface area contributed by atoms with E-state index in [4.69, 9.17) is 0 Å². The largest absolute Gasteiger partial charge is 0.349 e. The van der Waals surface area contributed by atoms with Crippen LogP contribution in [-0.4, -0.2) is 41.4 Å². The quantitative estimate of drug-likeness (QED) is 0.660. The van der Waals surface area contributed by atoms with Gasteiger partial charge in [0, 0.05) is 30.6 Å². The Bertz CT molecular complexity index is 976. The number of para-hydroxylation sites is 1. The molecule has 5 nitrogen and oxygen atoms in total. The Balaban J connectivity index is 1.58. The molecule has 1 aliphatic rings. The van der Waals surface area contributed by atoms with Crippen LogP contribution in [0.25, 0.3) is 16.9 Å². The first-order chi connectivity index (χ1) is 14.6. The lowest BCUT2D eigenvalue weighted by molar-refractivity contribution is -0.905. The zero-order valence-electron chi connectivity index (χ0n) is 17.3. The van der Waals surface area contributed by atoms with Crippen molar-refractivity contribution >= 4 is 5.91 Å². The van der Waals surface area contributed by atoms with E-state index in [1.54, 1.807) is 27.9 Å². The maximum Gasteiger partial charge on any atom is 0.255 e. The zero-order chi connectivity index (χ0) is 20.9. The molecular formula is C24H28FN4O+. The van der Waals surface area contributed by atoms with Crippen LogP contribution in [0, 0.1) is 5.82 Å². The van der Waals surface area contributed by atoms with E-state index in [1.165, 1.54) is 25.1 Å². The number of nitrogens with zero attached hydrogens (tertiary/aromatic N) is 2. The third kappa shape index (κ3) is 4.60. The van der Waals surface area contributed by atoms with Crippen molar-refractivity contribution in [2.75, 3.05) is 19.6 Å². The van der Waals surface area contributed by atoms with Crippen molar-refractivity contribution in [2.45, 2.75) is 32.2 Å². The predicted molar refractivity (Wildman–Crippen MR) is 115 cm³/mol. The minimum atomic E-state index is -0.311. The molecule has 30 heavy (non-hydrogen) atoms. The van der Waals surface area contributed by atoms with Gasteiger partial charge < -0.3 is 10.2 Å². The van der Waals surface area contributed by atoms with Gasteiger partial charge in [-0.1, -0.05) is 25.1 Å². The molecule has 0 saturated carbocycles. The van der Waals surface area contributed by atoms with Crippen LogP contribution in [0.1, 0.15) is 36.5 Å². The molecule has 3 aromatic rings. The van der Waals surface area contributed by atoms with Crippen molar-refractivity contribution in [1.82, 2.24) is 15.1 Å². The highest BCUT2D eigenvalue weighted by Gasteiger charge is 2.25. The molecule has 1 amide bonds. The minimum absolute atomic E-state index is 0.125. The van der Waals surface area contributed by atoms with Crippen LogP contribution in [0.3, 0.4) is 0 Å². The average molecular weight is 408 g/mol. The molecule has 156 valence electrons. The minimum Gasteiger partial charge on any atom is -0.349 e. The van der Waals surface area contributed by atoms with E-state index in [9.17, 15) is 9.18 Å². The first-order valence-electron chi connectivity index (χ1n) is 10.7. The third-order valence-electron chi connectivity index (χ3n) is 5.73. The Kier molecular flexibility index (Phi) is 6.23. The van der Waals surface area contributed by atoms with Crippen molar-refractivity contribution < 1.29 is 14.1 Å². The van der Waals surface area contributed by atoms with E-state index in [1.807, 2.05) is 30.3 Å². The fourth-order valence-electron chi connectivity index (χ4n) is 4.11. The monoisotopic (exact) mass is 407 g/mol. The van der Waals surface area contributed by atoms with Crippen molar-refractivity contribution in [3.05, 3.63) is 72.2 Å². The van der Waals surface area contributed by atoms with Crippen LogP contribution in [-0.2, 0) is 0 Å².